The van der Waals surface area contributed by atoms with Crippen molar-refractivity contribution in [2.75, 3.05) is 13.7 Å². The van der Waals surface area contributed by atoms with Gasteiger partial charge in [-0.3, -0.25) is 0 Å². The van der Waals surface area contributed by atoms with E-state index in [1.54, 1.807) is 7.11 Å². The van der Waals surface area contributed by atoms with Gasteiger partial charge in [-0.1, -0.05) is 19.9 Å². The molecule has 0 radical (unpaired) electrons. The summed E-state index contributed by atoms with van der Waals surface area (Å²) in [7, 11) is 1.73. The second kappa shape index (κ2) is 5.38. The van der Waals surface area contributed by atoms with Crippen LogP contribution in [0.25, 0.3) is 0 Å². The van der Waals surface area contributed by atoms with Gasteiger partial charge in [0.05, 0.1) is 19.8 Å². The Morgan fingerprint density at radius 3 is 2.85 bits per heavy atom. The molecule has 1 fully saturated rings. The van der Waals surface area contributed by atoms with Crippen LogP contribution in [0.4, 0.5) is 0 Å². The van der Waals surface area contributed by atoms with Gasteiger partial charge in [-0.15, -0.1) is 0 Å². The largest absolute Gasteiger partial charge is 0.497 e. The van der Waals surface area contributed by atoms with Crippen LogP contribution in [-0.2, 0) is 11.2 Å². The molecule has 1 heterocycles. The molecule has 0 amide bonds. The molecule has 2 aliphatic rings. The van der Waals surface area contributed by atoms with Crippen LogP contribution in [0.1, 0.15) is 50.3 Å². The van der Waals surface area contributed by atoms with Crippen molar-refractivity contribution >= 4 is 0 Å². The van der Waals surface area contributed by atoms with Gasteiger partial charge in [-0.2, -0.15) is 0 Å². The van der Waals surface area contributed by atoms with Crippen molar-refractivity contribution < 1.29 is 9.47 Å². The van der Waals surface area contributed by atoms with Crippen molar-refractivity contribution in [1.82, 2.24) is 5.32 Å². The van der Waals surface area contributed by atoms with E-state index in [1.165, 1.54) is 11.1 Å². The summed E-state index contributed by atoms with van der Waals surface area (Å²) in [6.07, 6.45) is 4.71. The van der Waals surface area contributed by atoms with E-state index in [0.29, 0.717) is 6.04 Å². The molecule has 2 atom stereocenters. The minimum atomic E-state index is 0.172. The van der Waals surface area contributed by atoms with Gasteiger partial charge in [0, 0.05) is 11.6 Å². The minimum Gasteiger partial charge on any atom is -0.497 e. The first kappa shape index (κ1) is 13.9. The van der Waals surface area contributed by atoms with Crippen LogP contribution in [0.2, 0.25) is 0 Å². The van der Waals surface area contributed by atoms with Gasteiger partial charge in [0.1, 0.15) is 5.75 Å². The van der Waals surface area contributed by atoms with E-state index in [1.807, 2.05) is 6.07 Å². The van der Waals surface area contributed by atoms with Crippen molar-refractivity contribution in [2.45, 2.75) is 57.2 Å². The van der Waals surface area contributed by atoms with Crippen LogP contribution in [0.15, 0.2) is 18.2 Å². The number of fused-ring (bicyclic) bond motifs is 3. The zero-order chi connectivity index (χ0) is 14.2. The van der Waals surface area contributed by atoms with Gasteiger partial charge < -0.3 is 14.8 Å². The van der Waals surface area contributed by atoms with Gasteiger partial charge in [-0.25, -0.2) is 0 Å². The summed E-state index contributed by atoms with van der Waals surface area (Å²) in [5, 5.41) is 3.88. The molecule has 0 bridgehead atoms. The summed E-state index contributed by atoms with van der Waals surface area (Å²) in [5.74, 6) is 0.947. The molecule has 1 N–H and O–H groups in total. The van der Waals surface area contributed by atoms with Crippen LogP contribution < -0.4 is 10.1 Å². The van der Waals surface area contributed by atoms with Gasteiger partial charge in [0.25, 0.3) is 0 Å². The van der Waals surface area contributed by atoms with E-state index in [4.69, 9.17) is 9.47 Å². The van der Waals surface area contributed by atoms with Crippen LogP contribution in [0.3, 0.4) is 0 Å². The minimum absolute atomic E-state index is 0.172. The highest BCUT2D eigenvalue weighted by Crippen LogP contribution is 2.39. The molecule has 1 aromatic carbocycles. The zero-order valence-corrected chi connectivity index (χ0v) is 12.7. The number of hydrogen-bond acceptors (Lipinski definition) is 3. The van der Waals surface area contributed by atoms with Gasteiger partial charge >= 0.3 is 0 Å². The maximum Gasteiger partial charge on any atom is 0.119 e. The standard InChI is InChI=1S/C17H25NO2/c1-4-17(5-2)11-20-16-14-8-7-13(19-3)10-12(14)6-9-15(16)18-17/h7-8,10,15-16,18H,4-6,9,11H2,1-3H3. The Kier molecular flexibility index (Phi) is 3.74. The lowest BCUT2D eigenvalue weighted by Crippen LogP contribution is -2.60. The quantitative estimate of drug-likeness (QED) is 0.918. The average Bonchev–Trinajstić information content (AvgIpc) is 2.53. The molecule has 20 heavy (non-hydrogen) atoms. The van der Waals surface area contributed by atoms with Crippen molar-refractivity contribution in [3.63, 3.8) is 0 Å². The second-order valence-corrected chi connectivity index (χ2v) is 6.07. The van der Waals surface area contributed by atoms with Gasteiger partial charge in [0.15, 0.2) is 0 Å². The second-order valence-electron chi connectivity index (χ2n) is 6.07. The molecule has 0 aromatic heterocycles. The third-order valence-electron chi connectivity index (χ3n) is 5.13. The summed E-state index contributed by atoms with van der Waals surface area (Å²) in [6.45, 7) is 5.32. The summed E-state index contributed by atoms with van der Waals surface area (Å²) in [6, 6.07) is 6.84. The Labute approximate surface area is 121 Å². The lowest BCUT2D eigenvalue weighted by atomic mass is 9.81. The lowest BCUT2D eigenvalue weighted by Gasteiger charge is -2.47. The number of ether oxygens (including phenoxy) is 2. The molecule has 3 rings (SSSR count). The van der Waals surface area contributed by atoms with Crippen molar-refractivity contribution in [3.8, 4) is 5.75 Å². The highest BCUT2D eigenvalue weighted by atomic mass is 16.5. The van der Waals surface area contributed by atoms with Gasteiger partial charge in [0.2, 0.25) is 0 Å². The third-order valence-corrected chi connectivity index (χ3v) is 5.13. The summed E-state index contributed by atoms with van der Waals surface area (Å²) in [5.41, 5.74) is 2.90. The molecule has 110 valence electrons. The molecule has 3 heteroatoms. The summed E-state index contributed by atoms with van der Waals surface area (Å²) in [4.78, 5) is 0. The van der Waals surface area contributed by atoms with E-state index in [2.05, 4.69) is 31.3 Å². The number of methoxy groups -OCH3 is 1. The maximum absolute atomic E-state index is 6.28. The van der Waals surface area contributed by atoms with Crippen molar-refractivity contribution in [3.05, 3.63) is 29.3 Å². The lowest BCUT2D eigenvalue weighted by molar-refractivity contribution is -0.0733. The topological polar surface area (TPSA) is 30.5 Å². The number of benzene rings is 1. The van der Waals surface area contributed by atoms with E-state index < -0.39 is 0 Å². The molecule has 1 aliphatic carbocycles. The Bertz CT molecular complexity index is 482. The van der Waals surface area contributed by atoms with E-state index in [-0.39, 0.29) is 11.6 Å². The molecule has 3 nitrogen and oxygen atoms in total. The highest BCUT2D eigenvalue weighted by Gasteiger charge is 2.41. The zero-order valence-electron chi connectivity index (χ0n) is 12.7. The van der Waals surface area contributed by atoms with Crippen LogP contribution in [0.5, 0.6) is 5.75 Å². The third kappa shape index (κ3) is 2.23. The van der Waals surface area contributed by atoms with Gasteiger partial charge in [-0.05, 0) is 48.9 Å². The Morgan fingerprint density at radius 1 is 1.35 bits per heavy atom. The Hall–Kier alpha value is -1.06. The highest BCUT2D eigenvalue weighted by molar-refractivity contribution is 5.40. The van der Waals surface area contributed by atoms with Crippen LogP contribution in [0, 0.1) is 0 Å². The fourth-order valence-electron chi connectivity index (χ4n) is 3.58. The fraction of sp³-hybridized carbons (Fsp3) is 0.647. The first-order valence-corrected chi connectivity index (χ1v) is 7.77. The molecule has 0 spiro atoms. The fourth-order valence-corrected chi connectivity index (χ4v) is 3.58. The predicted octanol–water partition coefficient (Wildman–Crippen LogP) is 3.23. The predicted molar refractivity (Wildman–Crippen MR) is 80.2 cm³/mol. The van der Waals surface area contributed by atoms with Crippen LogP contribution in [-0.4, -0.2) is 25.3 Å². The molecule has 2 unspecified atom stereocenters. The average molecular weight is 275 g/mol. The maximum atomic E-state index is 6.28. The summed E-state index contributed by atoms with van der Waals surface area (Å²) >= 11 is 0. The molecule has 1 aliphatic heterocycles. The Morgan fingerprint density at radius 2 is 2.15 bits per heavy atom. The number of morpholine rings is 1. The monoisotopic (exact) mass is 275 g/mol. The molecule has 1 aromatic rings. The van der Waals surface area contributed by atoms with E-state index >= 15 is 0 Å². The van der Waals surface area contributed by atoms with Crippen molar-refractivity contribution in [1.29, 1.82) is 0 Å². The molecule has 1 saturated heterocycles. The first-order chi connectivity index (χ1) is 9.71. The first-order valence-electron chi connectivity index (χ1n) is 7.77. The van der Waals surface area contributed by atoms with E-state index in [9.17, 15) is 0 Å². The molecule has 0 saturated carbocycles. The van der Waals surface area contributed by atoms with Crippen molar-refractivity contribution in [2.24, 2.45) is 0 Å². The normalized spacial score (nSPS) is 27.6. The smallest absolute Gasteiger partial charge is 0.119 e. The Balaban J connectivity index is 1.85. The number of hydrogen-bond donors (Lipinski definition) is 1. The van der Waals surface area contributed by atoms with E-state index in [0.717, 1.165) is 38.0 Å². The number of nitrogens with one attached hydrogen (secondary N) is 1. The molecular weight excluding hydrogens is 250 g/mol. The number of rotatable bonds is 3. The molecular formula is C17H25NO2. The SMILES string of the molecule is CCC1(CC)COC2c3ccc(OC)cc3CCC2N1. The van der Waals surface area contributed by atoms with Crippen LogP contribution >= 0.6 is 0 Å². The number of aryl methyl sites for hydroxylation is 1. The summed E-state index contributed by atoms with van der Waals surface area (Å²) < 4.78 is 11.6.